The summed E-state index contributed by atoms with van der Waals surface area (Å²) in [4.78, 5) is 153. The van der Waals surface area contributed by atoms with E-state index in [0.29, 0.717) is 12.3 Å². The predicted octanol–water partition coefficient (Wildman–Crippen LogP) is -5.83. The van der Waals surface area contributed by atoms with Crippen LogP contribution in [0.4, 0.5) is 0 Å². The zero-order valence-corrected chi connectivity index (χ0v) is 48.7. The number of hydrogen-bond donors (Lipinski definition) is 18. The second-order valence-corrected chi connectivity index (χ2v) is 21.6. The third-order valence-electron chi connectivity index (χ3n) is 13.4. The molecule has 13 atom stereocenters. The number of amides is 11. The van der Waals surface area contributed by atoms with Crippen molar-refractivity contribution in [2.45, 2.75) is 205 Å². The van der Waals surface area contributed by atoms with Crippen LogP contribution in [0.25, 0.3) is 0 Å². The lowest BCUT2D eigenvalue weighted by atomic mass is 9.99. The van der Waals surface area contributed by atoms with Crippen LogP contribution in [0.5, 0.6) is 0 Å². The Hall–Kier alpha value is -6.11. The number of aliphatic hydroxyl groups is 2. The first-order valence-electron chi connectivity index (χ1n) is 28.3. The fourth-order valence-corrected chi connectivity index (χ4v) is 8.60. The molecule has 81 heavy (non-hydrogen) atoms. The normalized spacial score (nSPS) is 23.6. The lowest BCUT2D eigenvalue weighted by molar-refractivity contribution is -0.137. The third kappa shape index (κ3) is 27.0. The average molecular weight is 1160 g/mol. The minimum atomic E-state index is -1.69. The minimum Gasteiger partial charge on any atom is -0.391 e. The summed E-state index contributed by atoms with van der Waals surface area (Å²) in [7, 11) is 0. The highest BCUT2D eigenvalue weighted by Gasteiger charge is 2.37. The van der Waals surface area contributed by atoms with Crippen molar-refractivity contribution in [3.8, 4) is 0 Å². The molecule has 1 heterocycles. The third-order valence-corrected chi connectivity index (χ3v) is 13.4. The monoisotopic (exact) mass is 1150 g/mol. The summed E-state index contributed by atoms with van der Waals surface area (Å²) in [6.45, 7) is 12.5. The fourth-order valence-electron chi connectivity index (χ4n) is 8.60. The molecule has 1 saturated heterocycles. The molecule has 1 rings (SSSR count). The summed E-state index contributed by atoms with van der Waals surface area (Å²) >= 11 is 0. The lowest BCUT2D eigenvalue weighted by Crippen LogP contribution is -2.62. The molecule has 11 amide bonds. The van der Waals surface area contributed by atoms with Crippen LogP contribution in [-0.2, 0) is 52.7 Å². The van der Waals surface area contributed by atoms with E-state index >= 15 is 0 Å². The molecule has 29 nitrogen and oxygen atoms in total. The molecule has 29 heteroatoms. The van der Waals surface area contributed by atoms with E-state index in [1.807, 2.05) is 6.92 Å². The highest BCUT2D eigenvalue weighted by molar-refractivity contribution is 5.99. The van der Waals surface area contributed by atoms with Crippen LogP contribution in [-0.4, -0.2) is 187 Å². The van der Waals surface area contributed by atoms with E-state index in [2.05, 4.69) is 65.4 Å². The minimum absolute atomic E-state index is 0.0146. The molecule has 0 unspecified atom stereocenters. The Morgan fingerprint density at radius 3 is 1.38 bits per heavy atom. The predicted molar refractivity (Wildman–Crippen MR) is 301 cm³/mol. The Kier molecular flexibility index (Phi) is 34.7. The average Bonchev–Trinajstić information content (AvgIpc) is 3.41. The van der Waals surface area contributed by atoms with Gasteiger partial charge in [0.2, 0.25) is 65.0 Å². The largest absolute Gasteiger partial charge is 0.391 e. The standard InChI is InChI=1S/C52H98N16O13/c1-9-29(6)11-10-12-40(71)59-32(13-19-53)47(76)68-42(31(8)70)52(81)64-35(16-22-56)44(73)63-37-18-24-58-51(80)41(30(7)69)67-48(77)36(17-23-57)61-43(72)33(14-20-54)62-49(78)38(25-27(2)3)66-50(79)39(26-28(4)5)65-45(74)34(15-21-55)60-46(37)75/h27-39,41-42,69-70H,9-26,53-57H2,1-8H3,(H,58,80)(H,59,71)(H,60,75)(H,61,72)(H,62,78)(H,63,73)(H,64,81)(H,65,74)(H,66,79)(H,67,77)(H,68,76)/t29-,30-,31+,32-,33-,34-,35-,36-,37-,38-,39+,41+,42-/m0/s1. The number of hydrogen-bond acceptors (Lipinski definition) is 18. The van der Waals surface area contributed by atoms with Gasteiger partial charge in [0.25, 0.3) is 0 Å². The number of aliphatic hydroxyl groups excluding tert-OH is 2. The van der Waals surface area contributed by atoms with Gasteiger partial charge in [-0.15, -0.1) is 0 Å². The maximum absolute atomic E-state index is 14.4. The summed E-state index contributed by atoms with van der Waals surface area (Å²) in [6, 6.07) is -14.5. The topological polar surface area (TPSA) is 491 Å². The maximum Gasteiger partial charge on any atom is 0.245 e. The summed E-state index contributed by atoms with van der Waals surface area (Å²) in [5.74, 6) is -9.60. The lowest BCUT2D eigenvalue weighted by Gasteiger charge is -2.29. The van der Waals surface area contributed by atoms with Gasteiger partial charge in [-0.2, -0.15) is 0 Å². The molecule has 0 aromatic rings. The van der Waals surface area contributed by atoms with E-state index in [4.69, 9.17) is 28.7 Å². The van der Waals surface area contributed by atoms with Gasteiger partial charge < -0.3 is 97.4 Å². The van der Waals surface area contributed by atoms with Crippen molar-refractivity contribution in [2.24, 2.45) is 46.4 Å². The molecule has 0 bridgehead atoms. The Labute approximate surface area is 475 Å². The molecule has 0 saturated carbocycles. The van der Waals surface area contributed by atoms with Gasteiger partial charge in [-0.05, 0) is 122 Å². The second kappa shape index (κ2) is 38.6. The van der Waals surface area contributed by atoms with Crippen molar-refractivity contribution in [3.63, 3.8) is 0 Å². The van der Waals surface area contributed by atoms with Gasteiger partial charge in [-0.3, -0.25) is 52.7 Å². The van der Waals surface area contributed by atoms with Gasteiger partial charge in [0, 0.05) is 13.0 Å². The highest BCUT2D eigenvalue weighted by atomic mass is 16.3. The van der Waals surface area contributed by atoms with Crippen LogP contribution in [0.2, 0.25) is 0 Å². The first kappa shape index (κ1) is 72.9. The van der Waals surface area contributed by atoms with E-state index in [9.17, 15) is 63.0 Å². The van der Waals surface area contributed by atoms with Crippen molar-refractivity contribution < 1.29 is 63.0 Å². The number of carbonyl (C=O) groups is 11. The molecular weight excluding hydrogens is 1060 g/mol. The first-order chi connectivity index (χ1) is 38.2. The van der Waals surface area contributed by atoms with Crippen LogP contribution >= 0.6 is 0 Å². The summed E-state index contributed by atoms with van der Waals surface area (Å²) in [6.07, 6.45) is -1.79. The van der Waals surface area contributed by atoms with E-state index < -0.39 is 151 Å². The van der Waals surface area contributed by atoms with Crippen molar-refractivity contribution in [1.29, 1.82) is 0 Å². The molecule has 0 radical (unpaired) electrons. The van der Waals surface area contributed by atoms with E-state index in [-0.39, 0.29) is 95.9 Å². The van der Waals surface area contributed by atoms with Crippen molar-refractivity contribution in [3.05, 3.63) is 0 Å². The molecule has 0 aromatic carbocycles. The van der Waals surface area contributed by atoms with Crippen LogP contribution in [0.3, 0.4) is 0 Å². The Balaban J connectivity index is 3.84. The van der Waals surface area contributed by atoms with Gasteiger partial charge in [-0.1, -0.05) is 54.4 Å². The number of nitrogens with one attached hydrogen (secondary N) is 11. The molecule has 464 valence electrons. The molecule has 1 aliphatic rings. The highest BCUT2D eigenvalue weighted by Crippen LogP contribution is 2.13. The maximum atomic E-state index is 14.4. The Morgan fingerprint density at radius 1 is 0.531 bits per heavy atom. The van der Waals surface area contributed by atoms with Crippen LogP contribution in [0.15, 0.2) is 0 Å². The van der Waals surface area contributed by atoms with Crippen LogP contribution in [0, 0.1) is 17.8 Å². The van der Waals surface area contributed by atoms with Gasteiger partial charge in [0.05, 0.1) is 12.2 Å². The number of rotatable bonds is 28. The number of carbonyl (C=O) groups excluding carboxylic acids is 11. The summed E-state index contributed by atoms with van der Waals surface area (Å²) in [5, 5.41) is 49.5. The van der Waals surface area contributed by atoms with Gasteiger partial charge >= 0.3 is 0 Å². The van der Waals surface area contributed by atoms with Gasteiger partial charge in [0.15, 0.2) is 0 Å². The van der Waals surface area contributed by atoms with Crippen molar-refractivity contribution in [1.82, 2.24) is 58.5 Å². The smallest absolute Gasteiger partial charge is 0.245 e. The number of nitrogens with two attached hydrogens (primary N) is 5. The second-order valence-electron chi connectivity index (χ2n) is 21.6. The molecule has 0 aliphatic carbocycles. The zero-order chi connectivity index (χ0) is 61.5. The molecular formula is C52H98N16O13. The van der Waals surface area contributed by atoms with Crippen LogP contribution < -0.4 is 87.2 Å². The van der Waals surface area contributed by atoms with Crippen molar-refractivity contribution in [2.75, 3.05) is 39.3 Å². The molecule has 0 spiro atoms. The molecule has 23 N–H and O–H groups in total. The van der Waals surface area contributed by atoms with Crippen molar-refractivity contribution >= 4 is 65.0 Å². The zero-order valence-electron chi connectivity index (χ0n) is 48.7. The van der Waals surface area contributed by atoms with Gasteiger partial charge in [-0.25, -0.2) is 0 Å². The van der Waals surface area contributed by atoms with E-state index in [0.717, 1.165) is 12.8 Å². The SMILES string of the molecule is CC[C@H](C)CCCC(=O)N[C@@H](CCN)C(=O)N[C@H](C(=O)N[C@@H](CCN)C(=O)N[C@H]1CCNC(=O)[C@@H]([C@H](C)O)NC(=O)[C@H](CCN)NC(=O)[C@H](CCN)NC(=O)[C@H](CC(C)C)NC(=O)[C@@H](CC(C)C)NC(=O)[C@H](CCN)NC1=O)[C@@H](C)O. The summed E-state index contributed by atoms with van der Waals surface area (Å²) in [5.41, 5.74) is 29.2. The molecule has 0 aromatic heterocycles. The van der Waals surface area contributed by atoms with E-state index in [1.54, 1.807) is 27.7 Å². The van der Waals surface area contributed by atoms with Gasteiger partial charge in [0.1, 0.15) is 60.4 Å². The Morgan fingerprint density at radius 2 is 0.963 bits per heavy atom. The first-order valence-corrected chi connectivity index (χ1v) is 28.3. The van der Waals surface area contributed by atoms with Crippen LogP contribution in [0.1, 0.15) is 132 Å². The van der Waals surface area contributed by atoms with E-state index in [1.165, 1.54) is 13.8 Å². The Bertz CT molecular complexity index is 2050. The molecule has 1 aliphatic heterocycles. The fraction of sp³-hybridized carbons (Fsp3) is 0.788. The quantitative estimate of drug-likeness (QED) is 0.0347. The molecule has 1 fully saturated rings. The summed E-state index contributed by atoms with van der Waals surface area (Å²) < 4.78 is 0.